The van der Waals surface area contributed by atoms with Crippen molar-refractivity contribution in [3.05, 3.63) is 32.7 Å². The van der Waals surface area contributed by atoms with Gasteiger partial charge in [0.2, 0.25) is 0 Å². The molecule has 1 amide bonds. The number of amides is 1. The van der Waals surface area contributed by atoms with E-state index in [0.717, 1.165) is 8.95 Å². The summed E-state index contributed by atoms with van der Waals surface area (Å²) in [5.41, 5.74) is -0.391. The summed E-state index contributed by atoms with van der Waals surface area (Å²) in [6.07, 6.45) is 0.551. The van der Waals surface area contributed by atoms with Gasteiger partial charge < -0.3 is 15.2 Å². The van der Waals surface area contributed by atoms with Gasteiger partial charge in [0.25, 0.3) is 5.91 Å². The second-order valence-corrected chi connectivity index (χ2v) is 6.20. The highest BCUT2D eigenvalue weighted by atomic mass is 79.9. The summed E-state index contributed by atoms with van der Waals surface area (Å²) in [5, 5.41) is 12.8. The van der Waals surface area contributed by atoms with Crippen LogP contribution in [0.4, 0.5) is 0 Å². The van der Waals surface area contributed by atoms with Crippen molar-refractivity contribution in [1.82, 2.24) is 5.32 Å². The monoisotopic (exact) mass is 377 g/mol. The highest BCUT2D eigenvalue weighted by Gasteiger charge is 2.32. The summed E-state index contributed by atoms with van der Waals surface area (Å²) in [7, 11) is 0. The van der Waals surface area contributed by atoms with Crippen LogP contribution in [0.2, 0.25) is 0 Å². The average Bonchev–Trinajstić information content (AvgIpc) is 2.72. The zero-order chi connectivity index (χ0) is 13.2. The smallest absolute Gasteiger partial charge is 0.251 e. The van der Waals surface area contributed by atoms with Crippen molar-refractivity contribution >= 4 is 37.8 Å². The molecule has 0 saturated carbocycles. The number of hydrogen-bond acceptors (Lipinski definition) is 3. The fraction of sp³-hybridized carbons (Fsp3) is 0.417. The first-order valence-corrected chi connectivity index (χ1v) is 7.12. The van der Waals surface area contributed by atoms with Gasteiger partial charge in [-0.2, -0.15) is 0 Å². The van der Waals surface area contributed by atoms with E-state index in [1.165, 1.54) is 0 Å². The zero-order valence-corrected chi connectivity index (χ0v) is 12.8. The summed E-state index contributed by atoms with van der Waals surface area (Å²) in [6.45, 7) is 1.01. The standard InChI is InChI=1S/C12H13Br2NO3/c13-9-3-8(4-10(14)5-9)11(16)15-6-12(17)1-2-18-7-12/h3-5,17H,1-2,6-7H2,(H,15,16). The van der Waals surface area contributed by atoms with Crippen LogP contribution in [0, 0.1) is 0 Å². The number of rotatable bonds is 3. The Morgan fingerprint density at radius 1 is 1.39 bits per heavy atom. The second kappa shape index (κ2) is 5.69. The normalized spacial score (nSPS) is 23.1. The molecule has 1 aromatic rings. The lowest BCUT2D eigenvalue weighted by Gasteiger charge is -2.20. The summed E-state index contributed by atoms with van der Waals surface area (Å²) in [6, 6.07) is 5.32. The minimum absolute atomic E-state index is 0.204. The van der Waals surface area contributed by atoms with E-state index in [1.54, 1.807) is 12.1 Å². The maximum Gasteiger partial charge on any atom is 0.251 e. The van der Waals surface area contributed by atoms with Gasteiger partial charge in [-0.3, -0.25) is 4.79 Å². The molecule has 2 rings (SSSR count). The van der Waals surface area contributed by atoms with Gasteiger partial charge in [-0.05, 0) is 18.2 Å². The number of carbonyl (C=O) groups is 1. The molecule has 0 bridgehead atoms. The largest absolute Gasteiger partial charge is 0.386 e. The van der Waals surface area contributed by atoms with Crippen molar-refractivity contribution < 1.29 is 14.6 Å². The van der Waals surface area contributed by atoms with E-state index >= 15 is 0 Å². The third-order valence-electron chi connectivity index (χ3n) is 2.79. The molecule has 1 unspecified atom stereocenters. The van der Waals surface area contributed by atoms with Gasteiger partial charge in [0.15, 0.2) is 0 Å². The number of halogens is 2. The van der Waals surface area contributed by atoms with Crippen LogP contribution in [-0.4, -0.2) is 36.4 Å². The van der Waals surface area contributed by atoms with E-state index in [2.05, 4.69) is 37.2 Å². The Morgan fingerprint density at radius 3 is 2.61 bits per heavy atom. The Bertz CT molecular complexity index is 438. The molecule has 98 valence electrons. The molecule has 1 aliphatic heterocycles. The molecule has 2 N–H and O–H groups in total. The third kappa shape index (κ3) is 3.54. The SMILES string of the molecule is O=C(NCC1(O)CCOC1)c1cc(Br)cc(Br)c1. The fourth-order valence-electron chi connectivity index (χ4n) is 1.77. The van der Waals surface area contributed by atoms with Crippen LogP contribution in [0.3, 0.4) is 0 Å². The van der Waals surface area contributed by atoms with E-state index in [4.69, 9.17) is 4.74 Å². The maximum absolute atomic E-state index is 11.9. The third-order valence-corrected chi connectivity index (χ3v) is 3.70. The molecular weight excluding hydrogens is 366 g/mol. The van der Waals surface area contributed by atoms with E-state index in [1.807, 2.05) is 6.07 Å². The molecular formula is C12H13Br2NO3. The predicted octanol–water partition coefficient (Wildman–Crippen LogP) is 2.09. The maximum atomic E-state index is 11.9. The van der Waals surface area contributed by atoms with Crippen LogP contribution >= 0.6 is 31.9 Å². The molecule has 4 nitrogen and oxygen atoms in total. The fourth-order valence-corrected chi connectivity index (χ4v) is 3.06. The lowest BCUT2D eigenvalue weighted by molar-refractivity contribution is 0.0264. The number of hydrogen-bond donors (Lipinski definition) is 2. The number of ether oxygens (including phenoxy) is 1. The second-order valence-electron chi connectivity index (χ2n) is 4.37. The van der Waals surface area contributed by atoms with Crippen LogP contribution < -0.4 is 5.32 Å². The molecule has 1 fully saturated rings. The van der Waals surface area contributed by atoms with Crippen LogP contribution in [-0.2, 0) is 4.74 Å². The molecule has 1 aliphatic rings. The van der Waals surface area contributed by atoms with E-state index in [9.17, 15) is 9.90 Å². The van der Waals surface area contributed by atoms with Crippen LogP contribution in [0.25, 0.3) is 0 Å². The van der Waals surface area contributed by atoms with E-state index < -0.39 is 5.60 Å². The van der Waals surface area contributed by atoms with Crippen molar-refractivity contribution in [3.8, 4) is 0 Å². The lowest BCUT2D eigenvalue weighted by atomic mass is 10.0. The Morgan fingerprint density at radius 2 is 2.06 bits per heavy atom. The van der Waals surface area contributed by atoms with Crippen LogP contribution in [0.5, 0.6) is 0 Å². The van der Waals surface area contributed by atoms with Gasteiger partial charge in [-0.1, -0.05) is 31.9 Å². The summed E-state index contributed by atoms with van der Waals surface area (Å²) in [4.78, 5) is 11.9. The van der Waals surface area contributed by atoms with Crippen LogP contribution in [0.1, 0.15) is 16.8 Å². The van der Waals surface area contributed by atoms with Crippen molar-refractivity contribution in [2.45, 2.75) is 12.0 Å². The molecule has 0 spiro atoms. The predicted molar refractivity (Wildman–Crippen MR) is 74.6 cm³/mol. The Labute approximate surface area is 122 Å². The number of benzene rings is 1. The zero-order valence-electron chi connectivity index (χ0n) is 9.58. The number of carbonyl (C=O) groups excluding carboxylic acids is 1. The lowest BCUT2D eigenvalue weighted by Crippen LogP contribution is -2.43. The number of aliphatic hydroxyl groups is 1. The molecule has 18 heavy (non-hydrogen) atoms. The summed E-state index contributed by atoms with van der Waals surface area (Å²) in [5.74, 6) is -0.211. The van der Waals surface area contributed by atoms with Gasteiger partial charge in [-0.25, -0.2) is 0 Å². The Balaban J connectivity index is 1.99. The number of nitrogens with one attached hydrogen (secondary N) is 1. The Hall–Kier alpha value is -0.430. The minimum Gasteiger partial charge on any atom is -0.386 e. The first kappa shape index (κ1) is 14.0. The molecule has 1 saturated heterocycles. The van der Waals surface area contributed by atoms with Crippen molar-refractivity contribution in [1.29, 1.82) is 0 Å². The van der Waals surface area contributed by atoms with E-state index in [0.29, 0.717) is 18.6 Å². The van der Waals surface area contributed by atoms with Crippen LogP contribution in [0.15, 0.2) is 27.1 Å². The minimum atomic E-state index is -0.932. The molecule has 0 radical (unpaired) electrons. The first-order valence-electron chi connectivity index (χ1n) is 5.53. The summed E-state index contributed by atoms with van der Waals surface area (Å²) >= 11 is 6.66. The molecule has 0 aliphatic carbocycles. The average molecular weight is 379 g/mol. The van der Waals surface area contributed by atoms with Crippen molar-refractivity contribution in [3.63, 3.8) is 0 Å². The Kier molecular flexibility index (Phi) is 4.42. The van der Waals surface area contributed by atoms with E-state index in [-0.39, 0.29) is 19.1 Å². The first-order chi connectivity index (χ1) is 8.48. The topological polar surface area (TPSA) is 58.6 Å². The molecule has 1 heterocycles. The van der Waals surface area contributed by atoms with Gasteiger partial charge in [0.1, 0.15) is 5.60 Å². The quantitative estimate of drug-likeness (QED) is 0.846. The molecule has 1 atom stereocenters. The molecule has 0 aromatic heterocycles. The van der Waals surface area contributed by atoms with Crippen molar-refractivity contribution in [2.75, 3.05) is 19.8 Å². The molecule has 1 aromatic carbocycles. The molecule has 6 heteroatoms. The highest BCUT2D eigenvalue weighted by molar-refractivity contribution is 9.11. The van der Waals surface area contributed by atoms with Gasteiger partial charge >= 0.3 is 0 Å². The van der Waals surface area contributed by atoms with Crippen molar-refractivity contribution in [2.24, 2.45) is 0 Å². The summed E-state index contributed by atoms with van der Waals surface area (Å²) < 4.78 is 6.77. The van der Waals surface area contributed by atoms with Gasteiger partial charge in [0, 0.05) is 34.1 Å². The van der Waals surface area contributed by atoms with Gasteiger partial charge in [-0.15, -0.1) is 0 Å². The van der Waals surface area contributed by atoms with Gasteiger partial charge in [0.05, 0.1) is 6.61 Å². The highest BCUT2D eigenvalue weighted by Crippen LogP contribution is 2.21.